The summed E-state index contributed by atoms with van der Waals surface area (Å²) < 4.78 is 1.47. The predicted octanol–water partition coefficient (Wildman–Crippen LogP) is 3.01. The Morgan fingerprint density at radius 1 is 1.10 bits per heavy atom. The Morgan fingerprint density at radius 3 is 2.57 bits per heavy atom. The van der Waals surface area contributed by atoms with E-state index in [1.807, 2.05) is 30.3 Å². The van der Waals surface area contributed by atoms with E-state index in [4.69, 9.17) is 5.26 Å². The van der Waals surface area contributed by atoms with Crippen molar-refractivity contribution < 1.29 is 0 Å². The van der Waals surface area contributed by atoms with Gasteiger partial charge < -0.3 is 0 Å². The van der Waals surface area contributed by atoms with E-state index >= 15 is 0 Å². The highest BCUT2D eigenvalue weighted by atomic mass is 16.1. The first-order chi connectivity index (χ1) is 10.2. The lowest BCUT2D eigenvalue weighted by Gasteiger charge is -2.02. The van der Waals surface area contributed by atoms with Gasteiger partial charge in [-0.25, -0.2) is 4.68 Å². The van der Waals surface area contributed by atoms with Gasteiger partial charge in [0.05, 0.1) is 23.0 Å². The summed E-state index contributed by atoms with van der Waals surface area (Å²) in [5, 5.41) is 12.1. The highest BCUT2D eigenvalue weighted by Crippen LogP contribution is 2.19. The standard InChI is InChI=1S/C17H13N3O/c1-12-16(14-7-3-2-4-8-14)19-20(17(12)21)15-9-5-6-13(10-15)11-18/h2-10,19H,1H3. The maximum Gasteiger partial charge on any atom is 0.274 e. The number of hydrogen-bond acceptors (Lipinski definition) is 2. The molecule has 1 heterocycles. The van der Waals surface area contributed by atoms with Gasteiger partial charge in [0.25, 0.3) is 5.56 Å². The molecule has 4 heteroatoms. The first-order valence-electron chi connectivity index (χ1n) is 6.58. The van der Waals surface area contributed by atoms with Crippen molar-refractivity contribution in [3.63, 3.8) is 0 Å². The van der Waals surface area contributed by atoms with E-state index in [9.17, 15) is 4.79 Å². The van der Waals surface area contributed by atoms with Crippen LogP contribution in [0.3, 0.4) is 0 Å². The summed E-state index contributed by atoms with van der Waals surface area (Å²) in [6.07, 6.45) is 0. The second-order valence-electron chi connectivity index (χ2n) is 4.78. The molecule has 3 aromatic rings. The molecule has 0 amide bonds. The van der Waals surface area contributed by atoms with Crippen molar-refractivity contribution in [1.82, 2.24) is 9.78 Å². The molecule has 1 aromatic heterocycles. The minimum absolute atomic E-state index is 0.107. The number of H-pyrrole nitrogens is 1. The number of nitriles is 1. The van der Waals surface area contributed by atoms with Gasteiger partial charge in [0.2, 0.25) is 0 Å². The van der Waals surface area contributed by atoms with Crippen LogP contribution in [-0.2, 0) is 0 Å². The highest BCUT2D eigenvalue weighted by molar-refractivity contribution is 5.62. The Bertz CT molecular complexity index is 882. The number of rotatable bonds is 2. The van der Waals surface area contributed by atoms with Gasteiger partial charge in [-0.3, -0.25) is 9.89 Å². The average molecular weight is 275 g/mol. The van der Waals surface area contributed by atoms with Crippen molar-refractivity contribution in [2.24, 2.45) is 0 Å². The summed E-state index contributed by atoms with van der Waals surface area (Å²) in [5.41, 5.74) is 3.48. The van der Waals surface area contributed by atoms with Gasteiger partial charge >= 0.3 is 0 Å². The summed E-state index contributed by atoms with van der Waals surface area (Å²) in [6.45, 7) is 1.80. The summed E-state index contributed by atoms with van der Waals surface area (Å²) >= 11 is 0. The van der Waals surface area contributed by atoms with Gasteiger partial charge in [-0.1, -0.05) is 36.4 Å². The van der Waals surface area contributed by atoms with Crippen LogP contribution in [0.25, 0.3) is 16.9 Å². The Kier molecular flexibility index (Phi) is 3.17. The van der Waals surface area contributed by atoms with Gasteiger partial charge in [-0.15, -0.1) is 0 Å². The molecule has 21 heavy (non-hydrogen) atoms. The molecule has 0 aliphatic rings. The lowest BCUT2D eigenvalue weighted by molar-refractivity contribution is 0.850. The number of benzene rings is 2. The number of hydrogen-bond donors (Lipinski definition) is 1. The molecule has 3 rings (SSSR count). The molecule has 0 radical (unpaired) electrons. The zero-order valence-corrected chi connectivity index (χ0v) is 11.5. The van der Waals surface area contributed by atoms with Crippen LogP contribution in [0.4, 0.5) is 0 Å². The molecule has 2 aromatic carbocycles. The van der Waals surface area contributed by atoms with Crippen LogP contribution in [0.1, 0.15) is 11.1 Å². The average Bonchev–Trinajstić information content (AvgIpc) is 2.84. The van der Waals surface area contributed by atoms with Crippen molar-refractivity contribution in [1.29, 1.82) is 5.26 Å². The Hall–Kier alpha value is -3.06. The molecule has 0 aliphatic heterocycles. The third kappa shape index (κ3) is 2.26. The van der Waals surface area contributed by atoms with Crippen molar-refractivity contribution in [2.75, 3.05) is 0 Å². The largest absolute Gasteiger partial charge is 0.290 e. The molecule has 1 N–H and O–H groups in total. The van der Waals surface area contributed by atoms with Crippen molar-refractivity contribution in [2.45, 2.75) is 6.92 Å². The van der Waals surface area contributed by atoms with E-state index in [1.165, 1.54) is 4.68 Å². The second-order valence-corrected chi connectivity index (χ2v) is 4.78. The lowest BCUT2D eigenvalue weighted by Crippen LogP contribution is -2.15. The van der Waals surface area contributed by atoms with E-state index in [-0.39, 0.29) is 5.56 Å². The van der Waals surface area contributed by atoms with E-state index in [0.717, 1.165) is 11.3 Å². The molecule has 0 aliphatic carbocycles. The first-order valence-corrected chi connectivity index (χ1v) is 6.58. The van der Waals surface area contributed by atoms with Crippen LogP contribution in [0.5, 0.6) is 0 Å². The Balaban J connectivity index is 2.18. The van der Waals surface area contributed by atoms with E-state index in [2.05, 4.69) is 11.2 Å². The zero-order valence-electron chi connectivity index (χ0n) is 11.5. The van der Waals surface area contributed by atoms with Gasteiger partial charge in [-0.05, 0) is 30.7 Å². The highest BCUT2D eigenvalue weighted by Gasteiger charge is 2.12. The molecule has 0 saturated heterocycles. The van der Waals surface area contributed by atoms with Gasteiger partial charge in [0.15, 0.2) is 0 Å². The van der Waals surface area contributed by atoms with Crippen LogP contribution in [-0.4, -0.2) is 9.78 Å². The molecule has 0 saturated carbocycles. The molecular formula is C17H13N3O. The van der Waals surface area contributed by atoms with Crippen LogP contribution < -0.4 is 5.56 Å². The second kappa shape index (κ2) is 5.14. The molecular weight excluding hydrogens is 262 g/mol. The zero-order chi connectivity index (χ0) is 14.8. The Morgan fingerprint density at radius 2 is 1.86 bits per heavy atom. The predicted molar refractivity (Wildman–Crippen MR) is 81.3 cm³/mol. The van der Waals surface area contributed by atoms with Crippen molar-refractivity contribution in [3.8, 4) is 23.0 Å². The topological polar surface area (TPSA) is 61.6 Å². The molecule has 4 nitrogen and oxygen atoms in total. The number of nitrogens with zero attached hydrogens (tertiary/aromatic N) is 2. The fourth-order valence-corrected chi connectivity index (χ4v) is 2.30. The molecule has 0 fully saturated rings. The van der Waals surface area contributed by atoms with E-state index in [0.29, 0.717) is 16.8 Å². The van der Waals surface area contributed by atoms with E-state index < -0.39 is 0 Å². The molecule has 0 bridgehead atoms. The van der Waals surface area contributed by atoms with Crippen LogP contribution in [0.15, 0.2) is 59.4 Å². The first kappa shape index (κ1) is 12.9. The molecule has 0 spiro atoms. The van der Waals surface area contributed by atoms with Gasteiger partial charge in [-0.2, -0.15) is 5.26 Å². The lowest BCUT2D eigenvalue weighted by atomic mass is 10.1. The molecule has 102 valence electrons. The SMILES string of the molecule is Cc1c(-c2ccccc2)[nH]n(-c2cccc(C#N)c2)c1=O. The maximum absolute atomic E-state index is 12.4. The summed E-state index contributed by atoms with van der Waals surface area (Å²) in [7, 11) is 0. The summed E-state index contributed by atoms with van der Waals surface area (Å²) in [4.78, 5) is 12.4. The number of nitrogens with one attached hydrogen (secondary N) is 1. The fourth-order valence-electron chi connectivity index (χ4n) is 2.30. The minimum atomic E-state index is -0.107. The van der Waals surface area contributed by atoms with Crippen molar-refractivity contribution in [3.05, 3.63) is 76.1 Å². The van der Waals surface area contributed by atoms with Crippen LogP contribution in [0, 0.1) is 18.3 Å². The Labute approximate surface area is 121 Å². The monoisotopic (exact) mass is 275 g/mol. The minimum Gasteiger partial charge on any atom is -0.290 e. The normalized spacial score (nSPS) is 10.3. The quantitative estimate of drug-likeness (QED) is 0.781. The van der Waals surface area contributed by atoms with Crippen molar-refractivity contribution >= 4 is 0 Å². The third-order valence-corrected chi connectivity index (χ3v) is 3.42. The number of aromatic nitrogens is 2. The van der Waals surface area contributed by atoms with Crippen LogP contribution in [0.2, 0.25) is 0 Å². The summed E-state index contributed by atoms with van der Waals surface area (Å²) in [6, 6.07) is 18.7. The third-order valence-electron chi connectivity index (χ3n) is 3.42. The molecule has 0 unspecified atom stereocenters. The maximum atomic E-state index is 12.4. The van der Waals surface area contributed by atoms with Crippen LogP contribution >= 0.6 is 0 Å². The summed E-state index contributed by atoms with van der Waals surface area (Å²) in [5.74, 6) is 0. The fraction of sp³-hybridized carbons (Fsp3) is 0.0588. The van der Waals surface area contributed by atoms with Gasteiger partial charge in [0, 0.05) is 5.56 Å². The smallest absolute Gasteiger partial charge is 0.274 e. The molecule has 0 atom stereocenters. The van der Waals surface area contributed by atoms with E-state index in [1.54, 1.807) is 31.2 Å². The van der Waals surface area contributed by atoms with Gasteiger partial charge in [0.1, 0.15) is 0 Å². The number of aromatic amines is 1.